The third kappa shape index (κ3) is 33.1. The van der Waals surface area contributed by atoms with Gasteiger partial charge in [0.25, 0.3) is 0 Å². The van der Waals surface area contributed by atoms with Crippen LogP contribution in [0.5, 0.6) is 0 Å². The third-order valence-electron chi connectivity index (χ3n) is 10.3. The molecule has 12 nitrogen and oxygen atoms in total. The van der Waals surface area contributed by atoms with Gasteiger partial charge in [-0.25, -0.2) is 4.18 Å². The summed E-state index contributed by atoms with van der Waals surface area (Å²) in [5.74, 6) is -0.415. The average Bonchev–Trinajstić information content (AvgIpc) is 3.24. The van der Waals surface area contributed by atoms with Crippen LogP contribution in [0.4, 0.5) is 0 Å². The molecule has 0 bridgehead atoms. The van der Waals surface area contributed by atoms with Crippen molar-refractivity contribution in [3.8, 4) is 0 Å². The summed E-state index contributed by atoms with van der Waals surface area (Å²) in [7, 11) is -5.07. The van der Waals surface area contributed by atoms with E-state index in [2.05, 4.69) is 90.9 Å². The first-order valence-corrected chi connectivity index (χ1v) is 25.1. The molecule has 1 aliphatic heterocycles. The first kappa shape index (κ1) is 57.6. The molecule has 0 saturated carbocycles. The van der Waals surface area contributed by atoms with Crippen LogP contribution in [0.1, 0.15) is 168 Å². The summed E-state index contributed by atoms with van der Waals surface area (Å²) in [4.78, 5) is 12.9. The monoisotopic (exact) mass is 897 g/mol. The molecule has 1 aliphatic rings. The molecule has 0 aliphatic carbocycles. The zero-order chi connectivity index (χ0) is 45.4. The highest BCUT2D eigenvalue weighted by Crippen LogP contribution is 2.26. The summed E-state index contributed by atoms with van der Waals surface area (Å²) in [5, 5.41) is 30.7. The summed E-state index contributed by atoms with van der Waals surface area (Å²) < 4.78 is 59.1. The molecule has 4 N–H and O–H groups in total. The number of unbranched alkanes of at least 4 members (excludes halogenated alkanes) is 15. The Labute approximate surface area is 375 Å². The van der Waals surface area contributed by atoms with Crippen molar-refractivity contribution in [3.63, 3.8) is 0 Å². The molecule has 0 radical (unpaired) electrons. The number of rotatable bonds is 40. The Morgan fingerprint density at radius 3 is 1.63 bits per heavy atom. The molecule has 0 spiro atoms. The van der Waals surface area contributed by atoms with Crippen LogP contribution in [0.15, 0.2) is 72.9 Å². The van der Waals surface area contributed by atoms with Gasteiger partial charge in [0.05, 0.1) is 19.8 Å². The molecule has 0 aromatic carbocycles. The SMILES string of the molecule is CC/C=C\C/C=C\C/C=C\C/C=C\CCCCCCCCCCC(=O)OC(COCCCCCCCC/C=C\C/C=C\CCC)COC1OC(CO)C(O)C(OS(=O)(=O)O)C1O. The molecule has 6 atom stereocenters. The zero-order valence-electron chi connectivity index (χ0n) is 38.2. The van der Waals surface area contributed by atoms with E-state index in [-0.39, 0.29) is 19.6 Å². The molecule has 1 rings (SSSR count). The van der Waals surface area contributed by atoms with Crippen LogP contribution in [0.2, 0.25) is 0 Å². The first-order chi connectivity index (χ1) is 30.1. The van der Waals surface area contributed by atoms with Crippen LogP contribution in [-0.2, 0) is 38.3 Å². The Bertz CT molecular complexity index is 1360. The minimum absolute atomic E-state index is 0.0216. The molecule has 62 heavy (non-hydrogen) atoms. The van der Waals surface area contributed by atoms with Gasteiger partial charge in [0.2, 0.25) is 0 Å². The van der Waals surface area contributed by atoms with Gasteiger partial charge in [-0.15, -0.1) is 0 Å². The third-order valence-corrected chi connectivity index (χ3v) is 10.8. The second kappa shape index (κ2) is 40.1. The van der Waals surface area contributed by atoms with Crippen molar-refractivity contribution in [2.24, 2.45) is 0 Å². The minimum atomic E-state index is -5.07. The molecule has 6 unspecified atom stereocenters. The normalized spacial score (nSPS) is 20.6. The fraction of sp³-hybridized carbons (Fsp3) is 0.735. The minimum Gasteiger partial charge on any atom is -0.457 e. The van der Waals surface area contributed by atoms with Crippen molar-refractivity contribution in [3.05, 3.63) is 72.9 Å². The van der Waals surface area contributed by atoms with Crippen molar-refractivity contribution in [2.45, 2.75) is 205 Å². The van der Waals surface area contributed by atoms with E-state index in [4.69, 9.17) is 23.5 Å². The highest BCUT2D eigenvalue weighted by Gasteiger charge is 2.48. The van der Waals surface area contributed by atoms with E-state index in [0.717, 1.165) is 96.3 Å². The lowest BCUT2D eigenvalue weighted by molar-refractivity contribution is -0.301. The smallest absolute Gasteiger partial charge is 0.397 e. The lowest BCUT2D eigenvalue weighted by atomic mass is 9.99. The van der Waals surface area contributed by atoms with E-state index >= 15 is 0 Å². The van der Waals surface area contributed by atoms with Gasteiger partial charge >= 0.3 is 16.4 Å². The second-order valence-corrected chi connectivity index (χ2v) is 17.0. The van der Waals surface area contributed by atoms with Crippen LogP contribution in [0.25, 0.3) is 0 Å². The number of esters is 1. The highest BCUT2D eigenvalue weighted by atomic mass is 32.3. The summed E-state index contributed by atoms with van der Waals surface area (Å²) in [5.41, 5.74) is 0. The maximum atomic E-state index is 12.9. The number of carbonyl (C=O) groups excluding carboxylic acids is 1. The molecule has 358 valence electrons. The molecule has 1 fully saturated rings. The maximum Gasteiger partial charge on any atom is 0.397 e. The zero-order valence-corrected chi connectivity index (χ0v) is 39.0. The van der Waals surface area contributed by atoms with Crippen LogP contribution < -0.4 is 0 Å². The molecule has 13 heteroatoms. The lowest BCUT2D eigenvalue weighted by Gasteiger charge is -2.41. The fourth-order valence-electron chi connectivity index (χ4n) is 6.76. The standard InChI is InChI=1S/C49H84O12S/c1-3-5-7-9-11-13-15-17-19-20-21-22-23-24-25-26-28-30-32-34-36-38-45(51)59-43(41-57-39-37-35-33-31-29-27-18-16-14-12-10-8-6-4-2)42-58-49-47(53)48(61-62(54,55)56)46(52)44(40-50)60-49/h5,7-8,10-11,13-14,16-17,19,21-22,43-44,46-50,52-53H,3-4,6,9,12,15,18,20,23-42H2,1-2H3,(H,54,55,56)/b7-5-,10-8-,13-11-,16-14-,19-17-,22-21-. The van der Waals surface area contributed by atoms with Crippen molar-refractivity contribution in [1.82, 2.24) is 0 Å². The van der Waals surface area contributed by atoms with E-state index in [1.54, 1.807) is 0 Å². The van der Waals surface area contributed by atoms with E-state index in [0.29, 0.717) is 13.0 Å². The van der Waals surface area contributed by atoms with Crippen LogP contribution in [-0.4, -0.2) is 97.5 Å². The number of carbonyl (C=O) groups is 1. The topological polar surface area (TPSA) is 178 Å². The summed E-state index contributed by atoms with van der Waals surface area (Å²) in [6.07, 6.45) is 42.1. The second-order valence-electron chi connectivity index (χ2n) is 16.0. The number of aliphatic hydroxyl groups is 3. The van der Waals surface area contributed by atoms with Crippen LogP contribution >= 0.6 is 0 Å². The summed E-state index contributed by atoms with van der Waals surface area (Å²) in [6, 6.07) is 0. The van der Waals surface area contributed by atoms with Crippen molar-refractivity contribution in [1.29, 1.82) is 0 Å². The van der Waals surface area contributed by atoms with Gasteiger partial charge in [-0.1, -0.05) is 157 Å². The molecule has 0 amide bonds. The van der Waals surface area contributed by atoms with Gasteiger partial charge < -0.3 is 34.3 Å². The van der Waals surface area contributed by atoms with Gasteiger partial charge in [-0.2, -0.15) is 8.42 Å². The van der Waals surface area contributed by atoms with Crippen molar-refractivity contribution in [2.75, 3.05) is 26.4 Å². The highest BCUT2D eigenvalue weighted by molar-refractivity contribution is 7.80. The van der Waals surface area contributed by atoms with Crippen LogP contribution in [0.3, 0.4) is 0 Å². The Morgan fingerprint density at radius 2 is 1.11 bits per heavy atom. The van der Waals surface area contributed by atoms with E-state index in [1.165, 1.54) is 44.9 Å². The van der Waals surface area contributed by atoms with Crippen molar-refractivity contribution < 1.29 is 56.2 Å². The number of aliphatic hydroxyl groups excluding tert-OH is 3. The Balaban J connectivity index is 2.40. The Kier molecular flexibility index (Phi) is 37.2. The van der Waals surface area contributed by atoms with Gasteiger partial charge in [-0.3, -0.25) is 9.35 Å². The predicted octanol–water partition coefficient (Wildman–Crippen LogP) is 10.3. The Morgan fingerprint density at radius 1 is 0.629 bits per heavy atom. The largest absolute Gasteiger partial charge is 0.457 e. The molecule has 1 heterocycles. The van der Waals surface area contributed by atoms with Gasteiger partial charge in [-0.05, 0) is 77.0 Å². The predicted molar refractivity (Wildman–Crippen MR) is 248 cm³/mol. The molecular weight excluding hydrogens is 813 g/mol. The first-order valence-electron chi connectivity index (χ1n) is 23.7. The lowest BCUT2D eigenvalue weighted by Crippen LogP contribution is -2.60. The quantitative estimate of drug-likeness (QED) is 0.0198. The molecule has 0 aromatic heterocycles. The average molecular weight is 897 g/mol. The Hall–Kier alpha value is -2.46. The van der Waals surface area contributed by atoms with Crippen LogP contribution in [0, 0.1) is 0 Å². The fourth-order valence-corrected chi connectivity index (χ4v) is 7.27. The van der Waals surface area contributed by atoms with Gasteiger partial charge in [0, 0.05) is 13.0 Å². The number of hydrogen-bond donors (Lipinski definition) is 4. The van der Waals surface area contributed by atoms with E-state index in [9.17, 15) is 28.5 Å². The van der Waals surface area contributed by atoms with Gasteiger partial charge in [0.15, 0.2) is 6.29 Å². The molecule has 1 saturated heterocycles. The molecule has 0 aromatic rings. The van der Waals surface area contributed by atoms with E-state index in [1.807, 2.05) is 0 Å². The summed E-state index contributed by atoms with van der Waals surface area (Å²) in [6.45, 7) is 3.77. The van der Waals surface area contributed by atoms with Crippen molar-refractivity contribution >= 4 is 16.4 Å². The maximum absolute atomic E-state index is 12.9. The molecular formula is C49H84O12S. The number of allylic oxidation sites excluding steroid dienone is 12. The van der Waals surface area contributed by atoms with E-state index < -0.39 is 59.8 Å². The number of ether oxygens (including phenoxy) is 4. The van der Waals surface area contributed by atoms with Gasteiger partial charge in [0.1, 0.15) is 30.5 Å². The summed E-state index contributed by atoms with van der Waals surface area (Å²) >= 11 is 0. The number of hydrogen-bond acceptors (Lipinski definition) is 11.